The number of nitrogen functional groups attached to an aromatic ring is 1. The van der Waals surface area contributed by atoms with Crippen molar-refractivity contribution < 1.29 is 4.74 Å². The van der Waals surface area contributed by atoms with Crippen LogP contribution in [0.5, 0.6) is 0 Å². The topological polar surface area (TPSA) is 53.1 Å². The quantitative estimate of drug-likeness (QED) is 0.832. The zero-order chi connectivity index (χ0) is 13.0. The van der Waals surface area contributed by atoms with E-state index in [1.807, 2.05) is 24.3 Å². The molecule has 2 aromatic rings. The Labute approximate surface area is 106 Å². The van der Waals surface area contributed by atoms with Crippen molar-refractivity contribution in [3.63, 3.8) is 0 Å². The van der Waals surface area contributed by atoms with Gasteiger partial charge in [0.1, 0.15) is 11.5 Å². The molecular weight excluding hydrogens is 226 g/mol. The monoisotopic (exact) mass is 241 g/mol. The van der Waals surface area contributed by atoms with Gasteiger partial charge in [0.2, 0.25) is 0 Å². The van der Waals surface area contributed by atoms with E-state index >= 15 is 0 Å². The van der Waals surface area contributed by atoms with Gasteiger partial charge in [-0.15, -0.1) is 6.42 Å². The van der Waals surface area contributed by atoms with Gasteiger partial charge in [-0.05, 0) is 5.56 Å². The summed E-state index contributed by atoms with van der Waals surface area (Å²) in [5, 5.41) is 0. The van der Waals surface area contributed by atoms with Crippen molar-refractivity contribution in [3.8, 4) is 23.6 Å². The number of imidazole rings is 1. The Morgan fingerprint density at radius 1 is 1.39 bits per heavy atom. The first-order valence-electron chi connectivity index (χ1n) is 5.58. The van der Waals surface area contributed by atoms with Crippen LogP contribution in [0, 0.1) is 12.3 Å². The zero-order valence-electron chi connectivity index (χ0n) is 10.3. The summed E-state index contributed by atoms with van der Waals surface area (Å²) in [6, 6.07) is 7.96. The number of methoxy groups -OCH3 is 1. The largest absolute Gasteiger partial charge is 0.383 e. The van der Waals surface area contributed by atoms with Crippen LogP contribution in [-0.2, 0) is 17.9 Å². The molecule has 0 atom stereocenters. The number of ether oxygens (including phenoxy) is 1. The maximum atomic E-state index is 6.00. The predicted molar refractivity (Wildman–Crippen MR) is 71.6 cm³/mol. The standard InChI is InChI=1S/C14H15N3O/c1-3-8-17-10-16-13(14(17)15)12-6-4-11(5-7-12)9-18-2/h1,4-7,10H,8-9,15H2,2H3. The molecule has 0 unspecified atom stereocenters. The summed E-state index contributed by atoms with van der Waals surface area (Å²) in [5.41, 5.74) is 8.85. The number of rotatable bonds is 4. The van der Waals surface area contributed by atoms with Crippen molar-refractivity contribution in [2.24, 2.45) is 0 Å². The van der Waals surface area contributed by atoms with Crippen LogP contribution in [0.3, 0.4) is 0 Å². The minimum Gasteiger partial charge on any atom is -0.383 e. The van der Waals surface area contributed by atoms with Gasteiger partial charge >= 0.3 is 0 Å². The van der Waals surface area contributed by atoms with E-state index in [0.29, 0.717) is 19.0 Å². The number of benzene rings is 1. The molecule has 1 heterocycles. The van der Waals surface area contributed by atoms with Gasteiger partial charge in [0.05, 0.1) is 19.5 Å². The molecule has 92 valence electrons. The lowest BCUT2D eigenvalue weighted by Crippen LogP contribution is -2.00. The van der Waals surface area contributed by atoms with Crippen molar-refractivity contribution in [1.82, 2.24) is 9.55 Å². The Morgan fingerprint density at radius 3 is 2.72 bits per heavy atom. The van der Waals surface area contributed by atoms with Crippen molar-refractivity contribution in [3.05, 3.63) is 36.2 Å². The number of hydrogen-bond acceptors (Lipinski definition) is 3. The zero-order valence-corrected chi connectivity index (χ0v) is 10.3. The molecule has 18 heavy (non-hydrogen) atoms. The van der Waals surface area contributed by atoms with Crippen LogP contribution in [0.2, 0.25) is 0 Å². The summed E-state index contributed by atoms with van der Waals surface area (Å²) in [4.78, 5) is 4.29. The first-order chi connectivity index (χ1) is 8.76. The Kier molecular flexibility index (Phi) is 3.66. The molecule has 2 rings (SSSR count). The summed E-state index contributed by atoms with van der Waals surface area (Å²) in [6.07, 6.45) is 6.92. The van der Waals surface area contributed by atoms with Gasteiger partial charge in [-0.1, -0.05) is 30.2 Å². The van der Waals surface area contributed by atoms with E-state index < -0.39 is 0 Å². The van der Waals surface area contributed by atoms with Crippen LogP contribution in [-0.4, -0.2) is 16.7 Å². The number of aromatic nitrogens is 2. The highest BCUT2D eigenvalue weighted by Gasteiger charge is 2.08. The molecule has 0 saturated heterocycles. The smallest absolute Gasteiger partial charge is 0.132 e. The van der Waals surface area contributed by atoms with Crippen LogP contribution in [0.15, 0.2) is 30.6 Å². The maximum absolute atomic E-state index is 6.00. The molecule has 0 aliphatic rings. The second-order valence-corrected chi connectivity index (χ2v) is 3.94. The van der Waals surface area contributed by atoms with E-state index in [4.69, 9.17) is 16.9 Å². The molecule has 0 spiro atoms. The molecule has 2 N–H and O–H groups in total. The van der Waals surface area contributed by atoms with E-state index in [-0.39, 0.29) is 0 Å². The fourth-order valence-corrected chi connectivity index (χ4v) is 1.76. The van der Waals surface area contributed by atoms with Gasteiger partial charge in [-0.25, -0.2) is 4.98 Å². The minimum atomic E-state index is 0.431. The lowest BCUT2D eigenvalue weighted by atomic mass is 10.1. The van der Waals surface area contributed by atoms with E-state index in [1.165, 1.54) is 0 Å². The van der Waals surface area contributed by atoms with Gasteiger partial charge < -0.3 is 15.0 Å². The Hall–Kier alpha value is -2.25. The van der Waals surface area contributed by atoms with Crippen LogP contribution < -0.4 is 5.73 Å². The molecule has 0 saturated carbocycles. The summed E-state index contributed by atoms with van der Waals surface area (Å²) in [5.74, 6) is 3.13. The molecule has 0 radical (unpaired) electrons. The molecule has 1 aromatic carbocycles. The minimum absolute atomic E-state index is 0.431. The fraction of sp³-hybridized carbons (Fsp3) is 0.214. The summed E-state index contributed by atoms with van der Waals surface area (Å²) in [7, 11) is 1.67. The summed E-state index contributed by atoms with van der Waals surface area (Å²) in [6.45, 7) is 1.03. The van der Waals surface area contributed by atoms with Crippen molar-refractivity contribution in [2.45, 2.75) is 13.2 Å². The Morgan fingerprint density at radius 2 is 2.11 bits per heavy atom. The fourth-order valence-electron chi connectivity index (χ4n) is 1.76. The van der Waals surface area contributed by atoms with Crippen molar-refractivity contribution in [2.75, 3.05) is 12.8 Å². The van der Waals surface area contributed by atoms with E-state index in [9.17, 15) is 0 Å². The molecular formula is C14H15N3O. The molecule has 0 amide bonds. The first-order valence-corrected chi connectivity index (χ1v) is 5.58. The molecule has 4 nitrogen and oxygen atoms in total. The summed E-state index contributed by atoms with van der Waals surface area (Å²) < 4.78 is 6.82. The lowest BCUT2D eigenvalue weighted by Gasteiger charge is -2.03. The lowest BCUT2D eigenvalue weighted by molar-refractivity contribution is 0.185. The molecule has 4 heteroatoms. The molecule has 0 bridgehead atoms. The predicted octanol–water partition coefficient (Wildman–Crippen LogP) is 1.91. The van der Waals surface area contributed by atoms with Gasteiger partial charge in [0, 0.05) is 12.7 Å². The summed E-state index contributed by atoms with van der Waals surface area (Å²) >= 11 is 0. The Bertz CT molecular complexity index is 564. The van der Waals surface area contributed by atoms with Crippen molar-refractivity contribution in [1.29, 1.82) is 0 Å². The Balaban J connectivity index is 2.29. The molecule has 0 aliphatic carbocycles. The van der Waals surface area contributed by atoms with Crippen LogP contribution >= 0.6 is 0 Å². The van der Waals surface area contributed by atoms with Crippen LogP contribution in [0.1, 0.15) is 5.56 Å². The van der Waals surface area contributed by atoms with Gasteiger partial charge in [0.25, 0.3) is 0 Å². The van der Waals surface area contributed by atoms with Gasteiger partial charge in [-0.3, -0.25) is 0 Å². The molecule has 0 aliphatic heterocycles. The SMILES string of the molecule is C#CCn1cnc(-c2ccc(COC)cc2)c1N. The van der Waals surface area contributed by atoms with Crippen LogP contribution in [0.4, 0.5) is 5.82 Å². The molecule has 1 aromatic heterocycles. The van der Waals surface area contributed by atoms with Gasteiger partial charge in [-0.2, -0.15) is 0 Å². The molecule has 0 fully saturated rings. The second kappa shape index (κ2) is 5.39. The number of nitrogens with zero attached hydrogens (tertiary/aromatic N) is 2. The number of nitrogens with two attached hydrogens (primary N) is 1. The van der Waals surface area contributed by atoms with E-state index in [0.717, 1.165) is 16.8 Å². The normalized spacial score (nSPS) is 10.2. The van der Waals surface area contributed by atoms with E-state index in [2.05, 4.69) is 10.9 Å². The average Bonchev–Trinajstić information content (AvgIpc) is 2.73. The number of anilines is 1. The highest BCUT2D eigenvalue weighted by atomic mass is 16.5. The highest BCUT2D eigenvalue weighted by molar-refractivity contribution is 5.70. The second-order valence-electron chi connectivity index (χ2n) is 3.94. The third-order valence-electron chi connectivity index (χ3n) is 2.68. The number of hydrogen-bond donors (Lipinski definition) is 1. The number of terminal acetylenes is 1. The third kappa shape index (κ3) is 2.36. The van der Waals surface area contributed by atoms with E-state index in [1.54, 1.807) is 18.0 Å². The first kappa shape index (κ1) is 12.2. The third-order valence-corrected chi connectivity index (χ3v) is 2.68. The highest BCUT2D eigenvalue weighted by Crippen LogP contribution is 2.24. The average molecular weight is 241 g/mol. The van der Waals surface area contributed by atoms with Crippen molar-refractivity contribution >= 4 is 5.82 Å². The maximum Gasteiger partial charge on any atom is 0.132 e. The van der Waals surface area contributed by atoms with Crippen LogP contribution in [0.25, 0.3) is 11.3 Å². The van der Waals surface area contributed by atoms with Gasteiger partial charge in [0.15, 0.2) is 0 Å².